The van der Waals surface area contributed by atoms with Crippen molar-refractivity contribution in [2.45, 2.75) is 124 Å². The summed E-state index contributed by atoms with van der Waals surface area (Å²) in [6, 6.07) is 31.8. The SMILES string of the molecule is Cc1cc(C(=O)Cc2ccc(C)c(C#Cc3nn(C4CCN(C)CC4)c4ncnc(N)c34)c2)cc(C(F)(F)F)c1.Cc1cc(Cl)c(F)c(C(=O)Cc2ccc(C)c(C#Cc3nn(C4CCN(C)CC4)c4ncnc(N)c34)c2)c1.Cc1cccc(C(=O)Cc2ccc(C)c(C#Cc3nn(C4CCN(C)CC4)c4ncnc(N)c34)c2)c1. The molecule has 6 aromatic carbocycles. The van der Waals surface area contributed by atoms with Gasteiger partial charge in [0.1, 0.15) is 53.5 Å². The second-order valence-corrected chi connectivity index (χ2v) is 30.3. The van der Waals surface area contributed by atoms with Gasteiger partial charge in [-0.3, -0.25) is 14.4 Å². The third-order valence-electron chi connectivity index (χ3n) is 21.1. The van der Waals surface area contributed by atoms with Gasteiger partial charge >= 0.3 is 6.18 Å². The number of benzene rings is 6. The second-order valence-electron chi connectivity index (χ2n) is 29.9. The van der Waals surface area contributed by atoms with Gasteiger partial charge in [0.05, 0.1) is 50.4 Å². The number of anilines is 3. The summed E-state index contributed by atoms with van der Waals surface area (Å²) >= 11 is 5.95. The van der Waals surface area contributed by atoms with E-state index < -0.39 is 23.3 Å². The van der Waals surface area contributed by atoms with Crippen LogP contribution in [0, 0.1) is 82.9 Å². The number of halogens is 5. The molecule has 3 aliphatic heterocycles. The van der Waals surface area contributed by atoms with Gasteiger partial charge in [0.15, 0.2) is 40.1 Å². The normalized spacial score (nSPS) is 14.6. The van der Waals surface area contributed by atoms with Crippen LogP contribution in [0.5, 0.6) is 0 Å². The number of aromatic nitrogens is 12. The van der Waals surface area contributed by atoms with Gasteiger partial charge in [-0.1, -0.05) is 89.5 Å². The minimum absolute atomic E-state index is 0.00963. The van der Waals surface area contributed by atoms with Crippen LogP contribution in [-0.2, 0) is 25.4 Å². The van der Waals surface area contributed by atoms with Crippen LogP contribution in [-0.4, -0.2) is 152 Å². The topological polar surface area (TPSA) is 270 Å². The second kappa shape index (κ2) is 34.5. The van der Waals surface area contributed by atoms with Crippen LogP contribution in [0.15, 0.2) is 128 Å². The van der Waals surface area contributed by atoms with Crippen LogP contribution in [0.3, 0.4) is 0 Å². The predicted molar refractivity (Wildman–Crippen MR) is 436 cm³/mol. The lowest BCUT2D eigenvalue weighted by atomic mass is 9.97. The van der Waals surface area contributed by atoms with Crippen LogP contribution in [0.2, 0.25) is 5.02 Å². The van der Waals surface area contributed by atoms with Crippen LogP contribution >= 0.6 is 11.6 Å². The molecule has 3 saturated heterocycles. The first-order valence-corrected chi connectivity index (χ1v) is 38.1. The number of carbonyl (C=O) groups is 3. The van der Waals surface area contributed by atoms with Gasteiger partial charge in [-0.15, -0.1) is 0 Å². The van der Waals surface area contributed by atoms with Gasteiger partial charge in [0, 0.05) is 47.1 Å². The van der Waals surface area contributed by atoms with E-state index in [1.165, 1.54) is 37.2 Å². The van der Waals surface area contributed by atoms with E-state index in [-0.39, 0.29) is 58.7 Å². The standard InChI is InChI=1S/C30H29F3N6O.C29H28ClFN6O.C29H30N6O/c1-18-12-22(16-23(13-18)30(31,32)33)26(40)15-20-5-4-19(2)21(14-20)6-7-25-27-28(34)35-17-36-29(27)39(37-25)24-8-10-38(3)11-9-24;1-17-12-22(27(31)23(30)13-17)25(38)15-19-5-4-18(2)20(14-19)6-7-24-26-28(32)33-16-34-29(26)37(35-24)21-8-10-36(3)11-9-21;1-19-5-4-6-23(15-19)26(36)17-21-8-7-20(2)22(16-21)9-10-25-27-28(30)31-18-32-29(27)35(33-25)24-11-13-34(3)14-12-24/h4-5,12-14,16-17,24H,8-11,15H2,1-3H3,(H2,34,35,36);4-5,12-14,16,21H,8-11,15H2,1-3H3,(H2,32,33,34);4-8,15-16,18,24H,11-14,17H2,1-3H3,(H2,30,31,32). The number of alkyl halides is 3. The molecule has 26 heteroatoms. The Bertz CT molecular complexity index is 5910. The Morgan fingerprint density at radius 2 is 0.798 bits per heavy atom. The van der Waals surface area contributed by atoms with Crippen molar-refractivity contribution in [2.75, 3.05) is 77.6 Å². The molecule has 6 aromatic heterocycles. The van der Waals surface area contributed by atoms with Crippen LogP contribution in [0.1, 0.15) is 177 Å². The third kappa shape index (κ3) is 18.5. The zero-order valence-electron chi connectivity index (χ0n) is 65.0. The molecular formula is C88H87ClF4N18O3. The summed E-state index contributed by atoms with van der Waals surface area (Å²) in [5, 5.41) is 16.4. The molecule has 0 unspecified atom stereocenters. The number of hydrogen-bond acceptors (Lipinski definition) is 18. The molecule has 0 radical (unpaired) electrons. The quantitative estimate of drug-likeness (QED) is 0.0582. The summed E-state index contributed by atoms with van der Waals surface area (Å²) in [5.74, 6) is 18.9. The highest BCUT2D eigenvalue weighted by atomic mass is 35.5. The Labute approximate surface area is 663 Å². The number of Topliss-reactive ketones (excluding diaryl/α,β-unsaturated/α-hetero) is 3. The first-order chi connectivity index (χ1) is 54.6. The van der Waals surface area contributed by atoms with Crippen molar-refractivity contribution in [2.24, 2.45) is 0 Å². The first-order valence-electron chi connectivity index (χ1n) is 37.8. The molecule has 0 saturated carbocycles. The first kappa shape index (κ1) is 80.0. The number of carbonyl (C=O) groups excluding carboxylic acids is 3. The van der Waals surface area contributed by atoms with Gasteiger partial charge < -0.3 is 31.9 Å². The molecule has 9 heterocycles. The zero-order chi connectivity index (χ0) is 80.8. The fourth-order valence-corrected chi connectivity index (χ4v) is 14.8. The number of fused-ring (bicyclic) bond motifs is 3. The van der Waals surface area contributed by atoms with Crippen molar-refractivity contribution < 1.29 is 31.9 Å². The maximum absolute atomic E-state index is 14.5. The Morgan fingerprint density at radius 1 is 0.439 bits per heavy atom. The zero-order valence-corrected chi connectivity index (χ0v) is 65.8. The molecule has 3 fully saturated rings. The predicted octanol–water partition coefficient (Wildman–Crippen LogP) is 14.2. The fourth-order valence-electron chi connectivity index (χ4n) is 14.6. The fraction of sp³-hybridized carbons (Fsp3) is 0.318. The highest BCUT2D eigenvalue weighted by Gasteiger charge is 2.33. The van der Waals surface area contributed by atoms with Gasteiger partial charge in [0.25, 0.3) is 0 Å². The minimum Gasteiger partial charge on any atom is -0.383 e. The van der Waals surface area contributed by atoms with E-state index in [0.717, 1.165) is 151 Å². The molecule has 12 aromatic rings. The number of ketones is 3. The van der Waals surface area contributed by atoms with E-state index >= 15 is 0 Å². The van der Waals surface area contributed by atoms with Crippen LogP contribution < -0.4 is 17.2 Å². The third-order valence-corrected chi connectivity index (χ3v) is 21.4. The number of hydrogen-bond donors (Lipinski definition) is 3. The highest BCUT2D eigenvalue weighted by molar-refractivity contribution is 6.31. The maximum Gasteiger partial charge on any atom is 0.416 e. The van der Waals surface area contributed by atoms with E-state index in [0.29, 0.717) is 85.1 Å². The summed E-state index contributed by atoms with van der Waals surface area (Å²) in [7, 11) is 6.35. The Hall–Kier alpha value is -12.1. The molecule has 0 bridgehead atoms. The molecule has 0 amide bonds. The summed E-state index contributed by atoms with van der Waals surface area (Å²) in [6.07, 6.45) is 5.95. The van der Waals surface area contributed by atoms with Gasteiger partial charge in [-0.05, 0) is 257 Å². The molecule has 6 N–H and O–H groups in total. The van der Waals surface area contributed by atoms with Gasteiger partial charge in [-0.25, -0.2) is 48.3 Å². The van der Waals surface area contributed by atoms with E-state index in [9.17, 15) is 31.9 Å². The molecule has 0 atom stereocenters. The highest BCUT2D eigenvalue weighted by Crippen LogP contribution is 2.35. The van der Waals surface area contributed by atoms with Crippen LogP contribution in [0.4, 0.5) is 35.0 Å². The van der Waals surface area contributed by atoms with E-state index in [1.807, 2.05) is 108 Å². The van der Waals surface area contributed by atoms with Crippen molar-refractivity contribution in [3.8, 4) is 35.5 Å². The monoisotopic (exact) mass is 1550 g/mol. The number of nitrogen functional groups attached to an aromatic ring is 3. The number of nitrogens with zero attached hydrogens (tertiary/aromatic N) is 15. The van der Waals surface area contributed by atoms with Crippen molar-refractivity contribution in [3.05, 3.63) is 245 Å². The average molecular weight is 1560 g/mol. The molecule has 0 spiro atoms. The molecule has 0 aliphatic carbocycles. The van der Waals surface area contributed by atoms with E-state index in [4.69, 9.17) is 44.1 Å². The van der Waals surface area contributed by atoms with Crippen molar-refractivity contribution in [3.63, 3.8) is 0 Å². The smallest absolute Gasteiger partial charge is 0.383 e. The summed E-state index contributed by atoms with van der Waals surface area (Å²) < 4.78 is 60.1. The number of piperidine rings is 3. The largest absolute Gasteiger partial charge is 0.416 e. The Morgan fingerprint density at radius 3 is 1.18 bits per heavy atom. The Kier molecular flexibility index (Phi) is 24.2. The van der Waals surface area contributed by atoms with Crippen molar-refractivity contribution >= 4 is 79.5 Å². The van der Waals surface area contributed by atoms with Gasteiger partial charge in [-0.2, -0.15) is 28.5 Å². The lowest BCUT2D eigenvalue weighted by Crippen LogP contribution is -2.32. The lowest BCUT2D eigenvalue weighted by molar-refractivity contribution is -0.137. The number of rotatable bonds is 12. The lowest BCUT2D eigenvalue weighted by Gasteiger charge is -2.29. The van der Waals surface area contributed by atoms with Gasteiger partial charge in [0.2, 0.25) is 0 Å². The number of aryl methyl sites for hydroxylation is 6. The van der Waals surface area contributed by atoms with Crippen molar-refractivity contribution in [1.29, 1.82) is 0 Å². The molecule has 3 aliphatic rings. The summed E-state index contributed by atoms with van der Waals surface area (Å²) in [6.45, 7) is 17.1. The number of nitrogens with two attached hydrogens (primary N) is 3. The summed E-state index contributed by atoms with van der Waals surface area (Å²) in [4.78, 5) is 71.5. The number of likely N-dealkylation sites (tertiary alicyclic amines) is 3. The molecule has 15 rings (SSSR count). The molecular weight excluding hydrogens is 1470 g/mol. The maximum atomic E-state index is 14.5. The molecule has 582 valence electrons. The molecule has 21 nitrogen and oxygen atoms in total. The summed E-state index contributed by atoms with van der Waals surface area (Å²) in [5.41, 5.74) is 31.9. The molecule has 114 heavy (non-hydrogen) atoms. The van der Waals surface area contributed by atoms with E-state index in [2.05, 4.69) is 101 Å². The van der Waals surface area contributed by atoms with Crippen molar-refractivity contribution in [1.82, 2.24) is 73.9 Å². The average Bonchev–Trinajstić information content (AvgIpc) is 1.66. The van der Waals surface area contributed by atoms with Crippen LogP contribution in [0.25, 0.3) is 33.1 Å². The Balaban J connectivity index is 0.000000149. The van der Waals surface area contributed by atoms with E-state index in [1.54, 1.807) is 26.0 Å². The minimum atomic E-state index is -4.52.